The Bertz CT molecular complexity index is 1090. The quantitative estimate of drug-likeness (QED) is 0.242. The van der Waals surface area contributed by atoms with Crippen LogP contribution in [0.5, 0.6) is 17.2 Å². The van der Waals surface area contributed by atoms with E-state index in [9.17, 15) is 15.3 Å². The zero-order chi connectivity index (χ0) is 23.9. The van der Waals surface area contributed by atoms with Gasteiger partial charge in [0.15, 0.2) is 0 Å². The van der Waals surface area contributed by atoms with Gasteiger partial charge < -0.3 is 30.6 Å². The predicted molar refractivity (Wildman–Crippen MR) is 113 cm³/mol. The van der Waals surface area contributed by atoms with Gasteiger partial charge in [-0.05, 0) is 52.6 Å². The monoisotopic (exact) mass is 430 g/mol. The fourth-order valence-electron chi connectivity index (χ4n) is 2.88. The fourth-order valence-corrected chi connectivity index (χ4v) is 2.88. The van der Waals surface area contributed by atoms with Crippen molar-refractivity contribution in [2.75, 3.05) is 0 Å². The number of rotatable bonds is 0. The second-order valence-corrected chi connectivity index (χ2v) is 6.34. The summed E-state index contributed by atoms with van der Waals surface area (Å²) in [5, 5.41) is 53.2. The van der Waals surface area contributed by atoms with E-state index in [1.807, 2.05) is 12.1 Å². The van der Waals surface area contributed by atoms with E-state index in [0.717, 1.165) is 48.4 Å². The molecule has 0 unspecified atom stereocenters. The summed E-state index contributed by atoms with van der Waals surface area (Å²) in [6.07, 6.45) is 0. The van der Waals surface area contributed by atoms with Crippen LogP contribution >= 0.6 is 0 Å². The molecule has 1 aliphatic rings. The topological polar surface area (TPSA) is 173 Å². The molecule has 1 aliphatic carbocycles. The average Bonchev–Trinajstić information content (AvgIpc) is 2.90. The molecule has 0 radical (unpaired) electrons. The van der Waals surface area contributed by atoms with Crippen LogP contribution < -0.4 is 0 Å². The highest BCUT2D eigenvalue weighted by molar-refractivity contribution is 6.17. The number of carbonyl (C=O) groups is 3. The number of carboxylic acids is 3. The van der Waals surface area contributed by atoms with Crippen LogP contribution in [0.25, 0.3) is 33.0 Å². The first-order chi connectivity index (χ1) is 14.3. The van der Waals surface area contributed by atoms with E-state index in [-0.39, 0.29) is 17.2 Å². The molecule has 0 spiro atoms. The van der Waals surface area contributed by atoms with Crippen LogP contribution in [0.2, 0.25) is 0 Å². The molecule has 9 nitrogen and oxygen atoms in total. The van der Waals surface area contributed by atoms with Gasteiger partial charge in [-0.1, -0.05) is 12.1 Å². The smallest absolute Gasteiger partial charge is 0.300 e. The van der Waals surface area contributed by atoms with E-state index in [1.54, 1.807) is 30.3 Å². The lowest BCUT2D eigenvalue weighted by molar-refractivity contribution is -0.135. The molecular formula is C22H22O9. The summed E-state index contributed by atoms with van der Waals surface area (Å²) in [5.74, 6) is -2.03. The van der Waals surface area contributed by atoms with Gasteiger partial charge in [0.1, 0.15) is 17.2 Å². The normalized spacial score (nSPS) is 9.65. The fraction of sp³-hybridized carbons (Fsp3) is 0.136. The molecule has 0 heterocycles. The summed E-state index contributed by atoms with van der Waals surface area (Å²) in [6, 6.07) is 11.9. The zero-order valence-corrected chi connectivity index (χ0v) is 16.9. The highest BCUT2D eigenvalue weighted by Gasteiger charge is 2.23. The predicted octanol–water partition coefficient (Wildman–Crippen LogP) is 3.88. The molecule has 0 fully saturated rings. The molecule has 0 aliphatic heterocycles. The van der Waals surface area contributed by atoms with Gasteiger partial charge in [-0.3, -0.25) is 14.4 Å². The maximum atomic E-state index is 9.95. The molecule has 0 saturated heterocycles. The Kier molecular flexibility index (Phi) is 8.38. The minimum absolute atomic E-state index is 0.121. The number of hydrogen-bond donors (Lipinski definition) is 6. The lowest BCUT2D eigenvalue weighted by Gasteiger charge is -2.05. The van der Waals surface area contributed by atoms with Crippen molar-refractivity contribution in [3.63, 3.8) is 0 Å². The Morgan fingerprint density at radius 1 is 0.581 bits per heavy atom. The molecule has 4 rings (SSSR count). The first-order valence-corrected chi connectivity index (χ1v) is 8.76. The first kappa shape index (κ1) is 24.8. The molecule has 0 amide bonds. The van der Waals surface area contributed by atoms with Gasteiger partial charge in [-0.25, -0.2) is 0 Å². The van der Waals surface area contributed by atoms with E-state index in [0.29, 0.717) is 5.39 Å². The Labute approximate surface area is 177 Å². The van der Waals surface area contributed by atoms with Crippen LogP contribution in [0.15, 0.2) is 42.5 Å². The van der Waals surface area contributed by atoms with Crippen molar-refractivity contribution >= 4 is 28.7 Å². The number of aliphatic carboxylic acids is 3. The van der Waals surface area contributed by atoms with E-state index in [1.165, 1.54) is 0 Å². The number of benzene rings is 3. The highest BCUT2D eigenvalue weighted by Crippen LogP contribution is 2.51. The summed E-state index contributed by atoms with van der Waals surface area (Å²) >= 11 is 0. The number of fused-ring (bicyclic) bond motifs is 3. The van der Waals surface area contributed by atoms with Crippen molar-refractivity contribution in [2.45, 2.75) is 20.8 Å². The average molecular weight is 430 g/mol. The molecule has 164 valence electrons. The maximum Gasteiger partial charge on any atom is 0.300 e. The standard InChI is InChI=1S/C16H10O3.3C2H4O2/c17-8-1-2-10-12(5-8)11-3-4-15(19)14-7-9(18)6-13(10)16(11)14;3*1-2(3)4/h1-7,17-19H;3*1H3,(H,3,4). The summed E-state index contributed by atoms with van der Waals surface area (Å²) in [5.41, 5.74) is 3.73. The zero-order valence-electron chi connectivity index (χ0n) is 16.9. The number of phenols is 3. The number of hydrogen-bond acceptors (Lipinski definition) is 6. The van der Waals surface area contributed by atoms with Crippen LogP contribution in [0.3, 0.4) is 0 Å². The van der Waals surface area contributed by atoms with Gasteiger partial charge in [0.2, 0.25) is 0 Å². The molecule has 3 aromatic rings. The van der Waals surface area contributed by atoms with E-state index < -0.39 is 17.9 Å². The molecule has 9 heteroatoms. The van der Waals surface area contributed by atoms with Crippen molar-refractivity contribution in [2.24, 2.45) is 0 Å². The largest absolute Gasteiger partial charge is 0.508 e. The lowest BCUT2D eigenvalue weighted by Crippen LogP contribution is -1.78. The summed E-state index contributed by atoms with van der Waals surface area (Å²) in [7, 11) is 0. The SMILES string of the molecule is CC(=O)O.CC(=O)O.CC(=O)O.Oc1ccc2c(c1)-c1ccc(O)c3cc(O)cc-2c13. The molecule has 0 saturated carbocycles. The molecular weight excluding hydrogens is 408 g/mol. The summed E-state index contributed by atoms with van der Waals surface area (Å²) in [6.45, 7) is 3.25. The third-order valence-corrected chi connectivity index (χ3v) is 3.66. The number of phenolic OH excluding ortho intramolecular Hbond substituents is 3. The van der Waals surface area contributed by atoms with Crippen molar-refractivity contribution in [3.05, 3.63) is 42.5 Å². The summed E-state index contributed by atoms with van der Waals surface area (Å²) < 4.78 is 0. The van der Waals surface area contributed by atoms with Crippen LogP contribution in [0.1, 0.15) is 20.8 Å². The Hall–Kier alpha value is -4.27. The Morgan fingerprint density at radius 2 is 1.03 bits per heavy atom. The van der Waals surface area contributed by atoms with Crippen LogP contribution in [-0.2, 0) is 14.4 Å². The van der Waals surface area contributed by atoms with E-state index in [2.05, 4.69) is 0 Å². The van der Waals surface area contributed by atoms with Crippen molar-refractivity contribution in [1.82, 2.24) is 0 Å². The molecule has 0 aromatic heterocycles. The van der Waals surface area contributed by atoms with Gasteiger partial charge in [-0.15, -0.1) is 0 Å². The molecule has 6 N–H and O–H groups in total. The van der Waals surface area contributed by atoms with Crippen LogP contribution in [0.4, 0.5) is 0 Å². The highest BCUT2D eigenvalue weighted by atomic mass is 16.4. The van der Waals surface area contributed by atoms with E-state index in [4.69, 9.17) is 29.7 Å². The third kappa shape index (κ3) is 6.93. The first-order valence-electron chi connectivity index (χ1n) is 8.76. The number of aromatic hydroxyl groups is 3. The van der Waals surface area contributed by atoms with Crippen molar-refractivity contribution in [1.29, 1.82) is 0 Å². The second-order valence-electron chi connectivity index (χ2n) is 6.34. The van der Waals surface area contributed by atoms with Gasteiger partial charge in [0, 0.05) is 31.5 Å². The Morgan fingerprint density at radius 3 is 1.55 bits per heavy atom. The lowest BCUT2D eigenvalue weighted by atomic mass is 10.0. The maximum absolute atomic E-state index is 9.95. The Balaban J connectivity index is 0.000000336. The second kappa shape index (κ2) is 10.5. The molecule has 0 atom stereocenters. The van der Waals surface area contributed by atoms with Gasteiger partial charge >= 0.3 is 0 Å². The molecule has 31 heavy (non-hydrogen) atoms. The minimum atomic E-state index is -0.833. The minimum Gasteiger partial charge on any atom is -0.508 e. The van der Waals surface area contributed by atoms with Gasteiger partial charge in [0.05, 0.1) is 0 Å². The molecule has 3 aromatic carbocycles. The van der Waals surface area contributed by atoms with Gasteiger partial charge in [-0.2, -0.15) is 0 Å². The van der Waals surface area contributed by atoms with Crippen LogP contribution in [0, 0.1) is 0 Å². The van der Waals surface area contributed by atoms with Gasteiger partial charge in [0.25, 0.3) is 17.9 Å². The molecule has 0 bridgehead atoms. The third-order valence-electron chi connectivity index (χ3n) is 3.66. The van der Waals surface area contributed by atoms with Crippen molar-refractivity contribution < 1.29 is 45.0 Å². The summed E-state index contributed by atoms with van der Waals surface area (Å²) in [4.78, 5) is 27.0. The van der Waals surface area contributed by atoms with Crippen molar-refractivity contribution in [3.8, 4) is 39.5 Å². The van der Waals surface area contributed by atoms with E-state index >= 15 is 0 Å². The number of carboxylic acid groups (broad SMARTS) is 3. The van der Waals surface area contributed by atoms with Crippen LogP contribution in [-0.4, -0.2) is 48.5 Å².